The molecule has 0 radical (unpaired) electrons. The molecule has 0 amide bonds. The van der Waals surface area contributed by atoms with E-state index in [1.165, 1.54) is 0 Å². The maximum absolute atomic E-state index is 12.2. The Morgan fingerprint density at radius 1 is 1.50 bits per heavy atom. The molecule has 1 rings (SSSR count). The number of hydrogen-bond donors (Lipinski definition) is 2. The topological polar surface area (TPSA) is 62.3 Å². The Balaban J connectivity index is 2.83. The first-order valence-electron chi connectivity index (χ1n) is 5.46. The average Bonchev–Trinajstić information content (AvgIpc) is 2.29. The van der Waals surface area contributed by atoms with Crippen molar-refractivity contribution >= 4 is 0 Å². The third-order valence-electron chi connectivity index (χ3n) is 2.26. The van der Waals surface area contributed by atoms with Crippen LogP contribution in [0, 0.1) is 0 Å². The Hall–Kier alpha value is -1.50. The number of pyridine rings is 1. The summed E-state index contributed by atoms with van der Waals surface area (Å²) in [4.78, 5) is 13.7. The fraction of sp³-hybridized carbons (Fsp3) is 0.545. The second-order valence-electron chi connectivity index (χ2n) is 3.76. The predicted octanol–water partition coefficient (Wildman–Crippen LogP) is 2.15. The van der Waals surface area contributed by atoms with Crippen LogP contribution in [0.5, 0.6) is 5.75 Å². The number of H-pyrrole nitrogens is 1. The number of ether oxygens (including phenoxy) is 1. The van der Waals surface area contributed by atoms with Crippen LogP contribution in [0.3, 0.4) is 0 Å². The number of aliphatic hydroxyl groups excluding tert-OH is 1. The van der Waals surface area contributed by atoms with Gasteiger partial charge in [0.05, 0.1) is 12.3 Å². The highest BCUT2D eigenvalue weighted by Gasteiger charge is 2.40. The van der Waals surface area contributed by atoms with Gasteiger partial charge in [0.25, 0.3) is 0 Å². The minimum absolute atomic E-state index is 0.0541. The summed E-state index contributed by atoms with van der Waals surface area (Å²) in [7, 11) is 0. The molecule has 18 heavy (non-hydrogen) atoms. The summed E-state index contributed by atoms with van der Waals surface area (Å²) in [6, 6.07) is 0.694. The largest absolute Gasteiger partial charge is 0.488 e. The Morgan fingerprint density at radius 2 is 2.17 bits per heavy atom. The standard InChI is InChI=1S/C11H14F3NO3/c1-2-3-4-18-9-6-15-7(5-8(9)16)10(17)11(12,13)14/h5-6,10,17H,2-4H2,1H3,(H,15,16). The number of halogens is 3. The minimum Gasteiger partial charge on any atom is -0.488 e. The third-order valence-corrected chi connectivity index (χ3v) is 2.26. The Morgan fingerprint density at radius 3 is 2.67 bits per heavy atom. The number of nitrogens with one attached hydrogen (secondary N) is 1. The SMILES string of the molecule is CCCCOc1c[nH]c(C(O)C(F)(F)F)cc1=O. The lowest BCUT2D eigenvalue weighted by atomic mass is 10.2. The zero-order chi connectivity index (χ0) is 13.8. The molecule has 0 aromatic carbocycles. The van der Waals surface area contributed by atoms with E-state index in [0.29, 0.717) is 12.7 Å². The van der Waals surface area contributed by atoms with Crippen LogP contribution >= 0.6 is 0 Å². The van der Waals surface area contributed by atoms with E-state index < -0.39 is 23.4 Å². The average molecular weight is 265 g/mol. The van der Waals surface area contributed by atoms with Gasteiger partial charge in [-0.25, -0.2) is 0 Å². The maximum Gasteiger partial charge on any atom is 0.420 e. The van der Waals surface area contributed by atoms with Gasteiger partial charge in [0.2, 0.25) is 5.43 Å². The summed E-state index contributed by atoms with van der Waals surface area (Å²) in [5.74, 6) is -0.0541. The highest BCUT2D eigenvalue weighted by Crippen LogP contribution is 2.30. The number of aliphatic hydroxyl groups is 1. The lowest BCUT2D eigenvalue weighted by molar-refractivity contribution is -0.208. The molecule has 0 aliphatic heterocycles. The number of rotatable bonds is 5. The highest BCUT2D eigenvalue weighted by molar-refractivity contribution is 5.21. The van der Waals surface area contributed by atoms with Gasteiger partial charge in [-0.1, -0.05) is 13.3 Å². The van der Waals surface area contributed by atoms with Gasteiger partial charge in [0.15, 0.2) is 11.9 Å². The van der Waals surface area contributed by atoms with Crippen molar-refractivity contribution in [2.75, 3.05) is 6.61 Å². The molecule has 102 valence electrons. The summed E-state index contributed by atoms with van der Waals surface area (Å²) in [5.41, 5.74) is -1.29. The van der Waals surface area contributed by atoms with Gasteiger partial charge in [0.1, 0.15) is 0 Å². The molecule has 0 saturated carbocycles. The lowest BCUT2D eigenvalue weighted by Crippen LogP contribution is -2.23. The lowest BCUT2D eigenvalue weighted by Gasteiger charge is -2.14. The van der Waals surface area contributed by atoms with Crippen LogP contribution in [-0.4, -0.2) is 22.9 Å². The van der Waals surface area contributed by atoms with Gasteiger partial charge < -0.3 is 14.8 Å². The van der Waals surface area contributed by atoms with Gasteiger partial charge >= 0.3 is 6.18 Å². The Labute approximate surface area is 101 Å². The number of hydrogen-bond acceptors (Lipinski definition) is 3. The van der Waals surface area contributed by atoms with Gasteiger partial charge in [-0.2, -0.15) is 13.2 Å². The van der Waals surface area contributed by atoms with Crippen LogP contribution in [0.1, 0.15) is 31.6 Å². The molecule has 0 fully saturated rings. The van der Waals surface area contributed by atoms with E-state index in [2.05, 4.69) is 4.98 Å². The second-order valence-corrected chi connectivity index (χ2v) is 3.76. The fourth-order valence-corrected chi connectivity index (χ4v) is 1.25. The first kappa shape index (κ1) is 14.6. The Kier molecular flexibility index (Phi) is 4.77. The molecule has 1 unspecified atom stereocenters. The molecule has 1 aromatic heterocycles. The molecule has 2 N–H and O–H groups in total. The molecule has 0 saturated heterocycles. The van der Waals surface area contributed by atoms with E-state index >= 15 is 0 Å². The molecule has 0 aliphatic rings. The molecule has 0 bridgehead atoms. The molecule has 1 atom stereocenters. The molecular weight excluding hydrogens is 251 g/mol. The number of alkyl halides is 3. The predicted molar refractivity (Wildman–Crippen MR) is 58.5 cm³/mol. The Bertz CT molecular complexity index is 442. The quantitative estimate of drug-likeness (QED) is 0.802. The van der Waals surface area contributed by atoms with E-state index in [9.17, 15) is 18.0 Å². The fourth-order valence-electron chi connectivity index (χ4n) is 1.25. The van der Waals surface area contributed by atoms with Crippen molar-refractivity contribution in [1.82, 2.24) is 4.98 Å². The van der Waals surface area contributed by atoms with Crippen LogP contribution in [0.2, 0.25) is 0 Å². The molecule has 7 heteroatoms. The molecular formula is C11H14F3NO3. The van der Waals surface area contributed by atoms with Crippen LogP contribution in [0.4, 0.5) is 13.2 Å². The number of unbranched alkanes of at least 4 members (excludes halogenated alkanes) is 1. The van der Waals surface area contributed by atoms with E-state index in [1.807, 2.05) is 6.92 Å². The third kappa shape index (κ3) is 3.76. The van der Waals surface area contributed by atoms with Crippen molar-refractivity contribution in [3.05, 3.63) is 28.2 Å². The maximum atomic E-state index is 12.2. The van der Waals surface area contributed by atoms with E-state index in [4.69, 9.17) is 9.84 Å². The molecule has 4 nitrogen and oxygen atoms in total. The number of aromatic nitrogens is 1. The number of aromatic amines is 1. The molecule has 1 aromatic rings. The summed E-state index contributed by atoms with van der Waals surface area (Å²) < 4.78 is 41.7. The van der Waals surface area contributed by atoms with E-state index in [-0.39, 0.29) is 5.75 Å². The zero-order valence-corrected chi connectivity index (χ0v) is 9.75. The van der Waals surface area contributed by atoms with Gasteiger partial charge in [0, 0.05) is 12.3 Å². The van der Waals surface area contributed by atoms with Crippen molar-refractivity contribution in [2.45, 2.75) is 32.0 Å². The smallest absolute Gasteiger partial charge is 0.420 e. The van der Waals surface area contributed by atoms with Gasteiger partial charge in [-0.05, 0) is 6.42 Å². The van der Waals surface area contributed by atoms with Crippen LogP contribution < -0.4 is 10.2 Å². The summed E-state index contributed by atoms with van der Waals surface area (Å²) in [5, 5.41) is 8.95. The highest BCUT2D eigenvalue weighted by atomic mass is 19.4. The van der Waals surface area contributed by atoms with E-state index in [0.717, 1.165) is 19.0 Å². The normalized spacial score (nSPS) is 13.4. The molecule has 0 aliphatic carbocycles. The van der Waals surface area contributed by atoms with Crippen molar-refractivity contribution in [2.24, 2.45) is 0 Å². The molecule has 1 heterocycles. The van der Waals surface area contributed by atoms with Crippen molar-refractivity contribution in [3.63, 3.8) is 0 Å². The van der Waals surface area contributed by atoms with Crippen LogP contribution in [-0.2, 0) is 0 Å². The zero-order valence-electron chi connectivity index (χ0n) is 9.75. The van der Waals surface area contributed by atoms with Crippen molar-refractivity contribution < 1.29 is 23.0 Å². The minimum atomic E-state index is -4.81. The summed E-state index contributed by atoms with van der Waals surface area (Å²) in [6.07, 6.45) is -4.86. The summed E-state index contributed by atoms with van der Waals surface area (Å²) >= 11 is 0. The first-order valence-corrected chi connectivity index (χ1v) is 5.46. The monoisotopic (exact) mass is 265 g/mol. The van der Waals surface area contributed by atoms with Gasteiger partial charge in [-0.3, -0.25) is 4.79 Å². The van der Waals surface area contributed by atoms with Crippen molar-refractivity contribution in [1.29, 1.82) is 0 Å². The first-order chi connectivity index (χ1) is 8.36. The molecule has 0 spiro atoms. The van der Waals surface area contributed by atoms with Crippen molar-refractivity contribution in [3.8, 4) is 5.75 Å². The van der Waals surface area contributed by atoms with Gasteiger partial charge in [-0.15, -0.1) is 0 Å². The van der Waals surface area contributed by atoms with Crippen LogP contribution in [0.15, 0.2) is 17.1 Å². The summed E-state index contributed by atoms with van der Waals surface area (Å²) in [6.45, 7) is 2.26. The second kappa shape index (κ2) is 5.90. The van der Waals surface area contributed by atoms with Crippen LogP contribution in [0.25, 0.3) is 0 Å². The van der Waals surface area contributed by atoms with E-state index in [1.54, 1.807) is 0 Å².